The fraction of sp³-hybridized carbons (Fsp3) is 0.143. The Bertz CT molecular complexity index is 1050. The number of nitrogens with one attached hydrogen (secondary N) is 2. The van der Waals surface area contributed by atoms with Crippen LogP contribution in [0.4, 0.5) is 5.69 Å². The van der Waals surface area contributed by atoms with Crippen LogP contribution < -0.4 is 19.9 Å². The number of rotatable bonds is 3. The molecule has 0 saturated carbocycles. The smallest absolute Gasteiger partial charge is 0.244 e. The molecule has 0 saturated heterocycles. The van der Waals surface area contributed by atoms with Gasteiger partial charge in [0.1, 0.15) is 21.7 Å². The highest BCUT2D eigenvalue weighted by molar-refractivity contribution is 7.90. The van der Waals surface area contributed by atoms with Crippen molar-refractivity contribution in [3.05, 3.63) is 47.0 Å². The summed E-state index contributed by atoms with van der Waals surface area (Å²) in [6, 6.07) is 8.99. The van der Waals surface area contributed by atoms with Crippen molar-refractivity contribution in [3.63, 3.8) is 0 Å². The molecule has 1 heterocycles. The Hall–Kier alpha value is -1.85. The van der Waals surface area contributed by atoms with Crippen LogP contribution in [0.2, 0.25) is 5.02 Å². The van der Waals surface area contributed by atoms with Gasteiger partial charge in [0, 0.05) is 0 Å². The van der Waals surface area contributed by atoms with Gasteiger partial charge in [-0.3, -0.25) is 0 Å². The number of hydrogen-bond donors (Lipinski definition) is 3. The molecule has 8 nitrogen and oxygen atoms in total. The van der Waals surface area contributed by atoms with Gasteiger partial charge in [-0.05, 0) is 29.8 Å². The zero-order valence-corrected chi connectivity index (χ0v) is 15.2. The lowest BCUT2D eigenvalue weighted by Gasteiger charge is -2.29. The van der Waals surface area contributed by atoms with E-state index in [0.29, 0.717) is 11.3 Å². The second-order valence-electron chi connectivity index (χ2n) is 5.30. The molecule has 0 aromatic heterocycles. The summed E-state index contributed by atoms with van der Waals surface area (Å²) in [5.74, 6) is 0.562. The summed E-state index contributed by atoms with van der Waals surface area (Å²) in [6.07, 6.45) is -0.774. The van der Waals surface area contributed by atoms with E-state index in [9.17, 15) is 16.8 Å². The third kappa shape index (κ3) is 3.44. The van der Waals surface area contributed by atoms with Crippen LogP contribution in [0.5, 0.6) is 5.75 Å². The van der Waals surface area contributed by atoms with E-state index in [4.69, 9.17) is 21.5 Å². The van der Waals surface area contributed by atoms with Gasteiger partial charge in [-0.1, -0.05) is 23.7 Å². The Morgan fingerprint density at radius 3 is 2.60 bits per heavy atom. The SMILES string of the molecule is COc1cccc([C@H]2Nc3cc(Cl)c(S(N)(=O)=O)cc3S(=O)(=O)N2)c1. The number of fused-ring (bicyclic) bond motifs is 1. The Morgan fingerprint density at radius 1 is 1.24 bits per heavy atom. The maximum Gasteiger partial charge on any atom is 0.244 e. The summed E-state index contributed by atoms with van der Waals surface area (Å²) in [7, 11) is -6.65. The van der Waals surface area contributed by atoms with Gasteiger partial charge >= 0.3 is 0 Å². The summed E-state index contributed by atoms with van der Waals surface area (Å²) in [5, 5.41) is 7.87. The average Bonchev–Trinajstić information content (AvgIpc) is 2.52. The normalized spacial score (nSPS) is 18.9. The molecule has 1 aliphatic rings. The molecule has 0 bridgehead atoms. The predicted molar refractivity (Wildman–Crippen MR) is 92.5 cm³/mol. The first-order valence-corrected chi connectivity index (χ1v) is 10.3. The van der Waals surface area contributed by atoms with E-state index < -0.39 is 31.1 Å². The van der Waals surface area contributed by atoms with Crippen molar-refractivity contribution < 1.29 is 21.6 Å². The summed E-state index contributed by atoms with van der Waals surface area (Å²) in [5.41, 5.74) is 0.782. The van der Waals surface area contributed by atoms with Crippen LogP contribution in [0.25, 0.3) is 0 Å². The van der Waals surface area contributed by atoms with Crippen molar-refractivity contribution in [1.29, 1.82) is 0 Å². The zero-order chi connectivity index (χ0) is 18.4. The molecule has 0 fully saturated rings. The number of benzene rings is 2. The van der Waals surface area contributed by atoms with Crippen LogP contribution in [0, 0.1) is 0 Å². The fourth-order valence-corrected chi connectivity index (χ4v) is 4.95. The van der Waals surface area contributed by atoms with Crippen molar-refractivity contribution in [2.75, 3.05) is 12.4 Å². The highest BCUT2D eigenvalue weighted by Crippen LogP contribution is 2.36. The number of sulfonamides is 2. The van der Waals surface area contributed by atoms with E-state index in [2.05, 4.69) is 10.0 Å². The van der Waals surface area contributed by atoms with Crippen LogP contribution in [-0.2, 0) is 20.0 Å². The molecular formula is C14H14ClN3O5S2. The molecule has 2 aromatic rings. The first-order chi connectivity index (χ1) is 11.6. The van der Waals surface area contributed by atoms with Gasteiger partial charge in [-0.15, -0.1) is 0 Å². The quantitative estimate of drug-likeness (QED) is 0.710. The van der Waals surface area contributed by atoms with Crippen molar-refractivity contribution >= 4 is 37.3 Å². The average molecular weight is 404 g/mol. The molecule has 0 unspecified atom stereocenters. The highest BCUT2D eigenvalue weighted by Gasteiger charge is 2.32. The first-order valence-electron chi connectivity index (χ1n) is 6.91. The molecule has 0 spiro atoms. The lowest BCUT2D eigenvalue weighted by Crippen LogP contribution is -2.38. The highest BCUT2D eigenvalue weighted by atomic mass is 35.5. The summed E-state index contributed by atoms with van der Waals surface area (Å²) in [4.78, 5) is -0.708. The Kier molecular flexibility index (Phi) is 4.41. The van der Waals surface area contributed by atoms with Gasteiger partial charge in [-0.25, -0.2) is 22.0 Å². The molecule has 25 heavy (non-hydrogen) atoms. The molecule has 1 aliphatic heterocycles. The van der Waals surface area contributed by atoms with Crippen LogP contribution in [0.1, 0.15) is 11.7 Å². The molecular weight excluding hydrogens is 390 g/mol. The topological polar surface area (TPSA) is 128 Å². The first kappa shape index (κ1) is 18.0. The summed E-state index contributed by atoms with van der Waals surface area (Å²) >= 11 is 5.95. The molecule has 0 aliphatic carbocycles. The summed E-state index contributed by atoms with van der Waals surface area (Å²) in [6.45, 7) is 0. The van der Waals surface area contributed by atoms with Crippen molar-refractivity contribution in [3.8, 4) is 5.75 Å². The van der Waals surface area contributed by atoms with Gasteiger partial charge in [0.25, 0.3) is 0 Å². The minimum absolute atomic E-state index is 0.170. The molecule has 0 radical (unpaired) electrons. The molecule has 3 rings (SSSR count). The Morgan fingerprint density at radius 2 is 1.96 bits per heavy atom. The van der Waals surface area contributed by atoms with E-state index >= 15 is 0 Å². The van der Waals surface area contributed by atoms with Gasteiger partial charge in [0.15, 0.2) is 0 Å². The van der Waals surface area contributed by atoms with Gasteiger partial charge in [0.05, 0.1) is 17.8 Å². The van der Waals surface area contributed by atoms with Crippen LogP contribution in [0.15, 0.2) is 46.2 Å². The minimum Gasteiger partial charge on any atom is -0.497 e. The number of nitrogens with two attached hydrogens (primary N) is 1. The lowest BCUT2D eigenvalue weighted by molar-refractivity contribution is 0.413. The molecule has 4 N–H and O–H groups in total. The molecule has 11 heteroatoms. The largest absolute Gasteiger partial charge is 0.497 e. The minimum atomic E-state index is -4.16. The van der Waals surface area contributed by atoms with E-state index in [0.717, 1.165) is 6.07 Å². The van der Waals surface area contributed by atoms with E-state index in [1.54, 1.807) is 24.3 Å². The van der Waals surface area contributed by atoms with E-state index in [1.165, 1.54) is 13.2 Å². The maximum absolute atomic E-state index is 12.5. The lowest BCUT2D eigenvalue weighted by atomic mass is 10.1. The number of ether oxygens (including phenoxy) is 1. The Balaban J connectivity index is 2.11. The third-order valence-electron chi connectivity index (χ3n) is 3.63. The van der Waals surface area contributed by atoms with E-state index in [-0.39, 0.29) is 15.6 Å². The van der Waals surface area contributed by atoms with Gasteiger partial charge < -0.3 is 10.1 Å². The molecule has 0 amide bonds. The van der Waals surface area contributed by atoms with Gasteiger partial charge in [0.2, 0.25) is 20.0 Å². The molecule has 2 aromatic carbocycles. The maximum atomic E-state index is 12.5. The molecule has 134 valence electrons. The summed E-state index contributed by atoms with van der Waals surface area (Å²) < 4.78 is 55.8. The predicted octanol–water partition coefficient (Wildman–Crippen LogP) is 1.40. The number of hydrogen-bond acceptors (Lipinski definition) is 6. The van der Waals surface area contributed by atoms with Crippen LogP contribution in [-0.4, -0.2) is 23.9 Å². The number of anilines is 1. The fourth-order valence-electron chi connectivity index (χ4n) is 2.46. The van der Waals surface area contributed by atoms with E-state index in [1.807, 2.05) is 0 Å². The van der Waals surface area contributed by atoms with Crippen molar-refractivity contribution in [2.24, 2.45) is 5.14 Å². The zero-order valence-electron chi connectivity index (χ0n) is 12.9. The second-order valence-corrected chi connectivity index (χ2v) is 8.92. The molecule has 1 atom stereocenters. The number of methoxy groups -OCH3 is 1. The number of primary sulfonamides is 1. The van der Waals surface area contributed by atoms with Crippen LogP contribution >= 0.6 is 11.6 Å². The third-order valence-corrected chi connectivity index (χ3v) is 6.47. The van der Waals surface area contributed by atoms with Crippen molar-refractivity contribution in [1.82, 2.24) is 4.72 Å². The monoisotopic (exact) mass is 403 g/mol. The second kappa shape index (κ2) is 6.15. The Labute approximate surface area is 150 Å². The van der Waals surface area contributed by atoms with Gasteiger partial charge in [-0.2, -0.15) is 4.72 Å². The number of halogens is 1. The standard InChI is InChI=1S/C14H14ClN3O5S2/c1-23-9-4-2-3-8(5-9)14-17-11-6-10(15)12(24(16,19)20)7-13(11)25(21,22)18-14/h2-7,14,17-18H,1H3,(H2,16,19,20)/t14-/m0/s1. The van der Waals surface area contributed by atoms with Crippen molar-refractivity contribution in [2.45, 2.75) is 16.0 Å². The van der Waals surface area contributed by atoms with Crippen LogP contribution in [0.3, 0.4) is 0 Å².